The van der Waals surface area contributed by atoms with Crippen molar-refractivity contribution < 1.29 is 19.6 Å². The van der Waals surface area contributed by atoms with Gasteiger partial charge in [-0.15, -0.1) is 11.8 Å². The number of ketones is 2. The predicted octanol–water partition coefficient (Wildman–Crippen LogP) is 0.225. The molecule has 0 bridgehead atoms. The highest BCUT2D eigenvalue weighted by atomic mass is 32.2. The van der Waals surface area contributed by atoms with Crippen LogP contribution in [0.2, 0.25) is 0 Å². The van der Waals surface area contributed by atoms with Gasteiger partial charge in [0.25, 0.3) is 17.5 Å². The van der Waals surface area contributed by atoms with E-state index in [2.05, 4.69) is 0 Å². The fraction of sp³-hybridized carbons (Fsp3) is 0.812. The molecule has 0 saturated carbocycles. The lowest BCUT2D eigenvalue weighted by molar-refractivity contribution is -0.259. The fourth-order valence-corrected chi connectivity index (χ4v) is 6.47. The molecule has 144 valence electrons. The van der Waals surface area contributed by atoms with Gasteiger partial charge in [-0.1, -0.05) is 18.4 Å². The van der Waals surface area contributed by atoms with Crippen LogP contribution in [0, 0.1) is 0 Å². The molecule has 1 amide bonds. The summed E-state index contributed by atoms with van der Waals surface area (Å²) in [6.07, 6.45) is 3.68. The highest BCUT2D eigenvalue weighted by molar-refractivity contribution is 7.99. The monoisotopic (exact) mass is 400 g/mol. The summed E-state index contributed by atoms with van der Waals surface area (Å²) in [5.74, 6) is -1.55. The Kier molecular flexibility index (Phi) is 5.32. The maximum atomic E-state index is 13.4. The largest absolute Gasteiger partial charge is 0.288 e. The van der Waals surface area contributed by atoms with E-state index >= 15 is 0 Å². The first-order valence-corrected chi connectivity index (χ1v) is 11.3. The second-order valence-corrected chi connectivity index (χ2v) is 9.25. The zero-order chi connectivity index (χ0) is 18.3. The molecule has 1 N–H and O–H groups in total. The SMILES string of the molecule is O=C1C(=O)C(N2CCCCC2)(N2CCCS2)N(O)C(=O)C1N1CCSC1. The Bertz CT molecular complexity index is 603. The van der Waals surface area contributed by atoms with Gasteiger partial charge in [-0.3, -0.25) is 29.4 Å². The van der Waals surface area contributed by atoms with Crippen LogP contribution in [0.3, 0.4) is 0 Å². The van der Waals surface area contributed by atoms with Crippen molar-refractivity contribution in [3.05, 3.63) is 0 Å². The highest BCUT2D eigenvalue weighted by Gasteiger charge is 2.65. The van der Waals surface area contributed by atoms with Crippen molar-refractivity contribution in [1.82, 2.24) is 19.2 Å². The first-order valence-electron chi connectivity index (χ1n) is 9.17. The van der Waals surface area contributed by atoms with Crippen LogP contribution in [0.1, 0.15) is 25.7 Å². The topological polar surface area (TPSA) is 84.4 Å². The number of carbonyl (C=O) groups is 3. The van der Waals surface area contributed by atoms with Crippen molar-refractivity contribution in [2.24, 2.45) is 0 Å². The maximum absolute atomic E-state index is 13.4. The summed E-state index contributed by atoms with van der Waals surface area (Å²) in [7, 11) is 0. The van der Waals surface area contributed by atoms with E-state index in [-0.39, 0.29) is 0 Å². The molecule has 26 heavy (non-hydrogen) atoms. The molecule has 4 rings (SSSR count). The molecule has 0 aliphatic carbocycles. The average molecular weight is 401 g/mol. The van der Waals surface area contributed by atoms with Crippen LogP contribution in [-0.4, -0.2) is 97.2 Å². The lowest BCUT2D eigenvalue weighted by atomic mass is 9.92. The van der Waals surface area contributed by atoms with Crippen LogP contribution in [0.5, 0.6) is 0 Å². The zero-order valence-corrected chi connectivity index (χ0v) is 16.3. The normalized spacial score (nSPS) is 35.7. The fourth-order valence-electron chi connectivity index (χ4n) is 4.27. The van der Waals surface area contributed by atoms with E-state index in [0.29, 0.717) is 37.1 Å². The van der Waals surface area contributed by atoms with Gasteiger partial charge in [0.1, 0.15) is 0 Å². The number of hydrogen-bond acceptors (Lipinski definition) is 9. The number of amides is 1. The summed E-state index contributed by atoms with van der Waals surface area (Å²) >= 11 is 3.05. The second-order valence-electron chi connectivity index (χ2n) is 7.07. The van der Waals surface area contributed by atoms with E-state index < -0.39 is 29.3 Å². The third kappa shape index (κ3) is 2.73. The summed E-state index contributed by atoms with van der Waals surface area (Å²) < 4.78 is 1.76. The van der Waals surface area contributed by atoms with Crippen molar-refractivity contribution >= 4 is 41.2 Å². The van der Waals surface area contributed by atoms with Gasteiger partial charge in [0, 0.05) is 43.6 Å². The number of hydroxylamine groups is 2. The second kappa shape index (κ2) is 7.40. The summed E-state index contributed by atoms with van der Waals surface area (Å²) in [4.78, 5) is 43.1. The molecule has 0 radical (unpaired) electrons. The van der Waals surface area contributed by atoms with E-state index in [1.54, 1.807) is 21.0 Å². The van der Waals surface area contributed by atoms with Gasteiger partial charge in [-0.25, -0.2) is 4.31 Å². The summed E-state index contributed by atoms with van der Waals surface area (Å²) in [5.41, 5.74) is 0. The first kappa shape index (κ1) is 18.7. The molecule has 0 spiro atoms. The minimum absolute atomic E-state index is 0.526. The predicted molar refractivity (Wildman–Crippen MR) is 98.4 cm³/mol. The van der Waals surface area contributed by atoms with Crippen molar-refractivity contribution in [2.75, 3.05) is 43.6 Å². The molecule has 0 aromatic heterocycles. The summed E-state index contributed by atoms with van der Waals surface area (Å²) in [6, 6.07) is -1.19. The molecular weight excluding hydrogens is 376 g/mol. The average Bonchev–Trinajstić information content (AvgIpc) is 3.36. The summed E-state index contributed by atoms with van der Waals surface area (Å²) in [5, 5.41) is 11.6. The van der Waals surface area contributed by atoms with Gasteiger partial charge >= 0.3 is 0 Å². The van der Waals surface area contributed by atoms with Crippen molar-refractivity contribution in [1.29, 1.82) is 0 Å². The van der Waals surface area contributed by atoms with Gasteiger partial charge in [0.15, 0.2) is 6.04 Å². The zero-order valence-electron chi connectivity index (χ0n) is 14.6. The Morgan fingerprint density at radius 3 is 2.35 bits per heavy atom. The molecule has 4 fully saturated rings. The molecule has 8 nitrogen and oxygen atoms in total. The lowest BCUT2D eigenvalue weighted by Gasteiger charge is -2.54. The molecule has 4 aliphatic heterocycles. The molecule has 2 unspecified atom stereocenters. The molecule has 10 heteroatoms. The Morgan fingerprint density at radius 1 is 0.962 bits per heavy atom. The van der Waals surface area contributed by atoms with Gasteiger partial charge in [0.2, 0.25) is 5.78 Å². The molecule has 0 aromatic carbocycles. The Labute approximate surface area is 161 Å². The lowest BCUT2D eigenvalue weighted by Crippen LogP contribution is -2.80. The molecule has 4 aliphatic rings. The maximum Gasteiger partial charge on any atom is 0.274 e. The Morgan fingerprint density at radius 2 is 1.73 bits per heavy atom. The Hall–Kier alpha value is -0.650. The van der Waals surface area contributed by atoms with Crippen LogP contribution >= 0.6 is 23.7 Å². The number of nitrogens with zero attached hydrogens (tertiary/aromatic N) is 4. The summed E-state index contributed by atoms with van der Waals surface area (Å²) in [6.45, 7) is 2.31. The Balaban J connectivity index is 1.74. The number of piperidine rings is 2. The number of likely N-dealkylation sites (tertiary alicyclic amines) is 1. The van der Waals surface area contributed by atoms with Crippen molar-refractivity contribution in [2.45, 2.75) is 37.5 Å². The van der Waals surface area contributed by atoms with E-state index in [0.717, 1.165) is 37.2 Å². The van der Waals surface area contributed by atoms with Crippen LogP contribution in [0.15, 0.2) is 0 Å². The van der Waals surface area contributed by atoms with E-state index in [9.17, 15) is 19.6 Å². The molecular formula is C16H24N4O4S2. The molecule has 0 aromatic rings. The smallest absolute Gasteiger partial charge is 0.274 e. The van der Waals surface area contributed by atoms with Gasteiger partial charge in [0.05, 0.1) is 0 Å². The van der Waals surface area contributed by atoms with E-state index in [1.165, 1.54) is 11.9 Å². The minimum atomic E-state index is -1.68. The van der Waals surface area contributed by atoms with Crippen molar-refractivity contribution in [3.8, 4) is 0 Å². The number of Topliss-reactive ketones (excluding diaryl/α,β-unsaturated/α-hetero) is 2. The third-order valence-electron chi connectivity index (χ3n) is 5.56. The number of rotatable bonds is 3. The standard InChI is InChI=1S/C16H24N4O4S2/c21-13-12(17-8-10-25-11-17)15(23)20(24)16(14(13)22,19-7-4-9-26-19)18-5-2-1-3-6-18/h12,24H,1-11H2. The van der Waals surface area contributed by atoms with Gasteiger partial charge in [-0.2, -0.15) is 5.06 Å². The van der Waals surface area contributed by atoms with Gasteiger partial charge < -0.3 is 0 Å². The minimum Gasteiger partial charge on any atom is -0.288 e. The molecule has 2 atom stereocenters. The quantitative estimate of drug-likeness (QED) is 0.310. The van der Waals surface area contributed by atoms with Crippen LogP contribution < -0.4 is 0 Å². The number of carbonyl (C=O) groups excluding carboxylic acids is 3. The molecule has 4 saturated heterocycles. The third-order valence-corrected chi connectivity index (χ3v) is 7.76. The number of hydrogen-bond donors (Lipinski definition) is 1. The van der Waals surface area contributed by atoms with E-state index in [1.807, 2.05) is 4.90 Å². The molecule has 4 heterocycles. The van der Waals surface area contributed by atoms with E-state index in [4.69, 9.17) is 0 Å². The highest BCUT2D eigenvalue weighted by Crippen LogP contribution is 2.40. The first-order chi connectivity index (χ1) is 12.6. The van der Waals surface area contributed by atoms with Crippen LogP contribution in [0.25, 0.3) is 0 Å². The van der Waals surface area contributed by atoms with Crippen LogP contribution in [-0.2, 0) is 14.4 Å². The van der Waals surface area contributed by atoms with Gasteiger partial charge in [-0.05, 0) is 19.3 Å². The number of thioether (sulfide) groups is 1. The van der Waals surface area contributed by atoms with Crippen LogP contribution in [0.4, 0.5) is 0 Å². The van der Waals surface area contributed by atoms with Crippen molar-refractivity contribution in [3.63, 3.8) is 0 Å².